The van der Waals surface area contributed by atoms with Crippen molar-refractivity contribution in [3.8, 4) is 0 Å². The van der Waals surface area contributed by atoms with Crippen LogP contribution in [-0.4, -0.2) is 55.8 Å². The van der Waals surface area contributed by atoms with Crippen LogP contribution in [0.25, 0.3) is 0 Å². The molecule has 2 aliphatic heterocycles. The van der Waals surface area contributed by atoms with Gasteiger partial charge in [-0.1, -0.05) is 34.6 Å². The highest BCUT2D eigenvalue weighted by atomic mass is 32.2. The van der Waals surface area contributed by atoms with E-state index in [0.29, 0.717) is 12.8 Å². The second kappa shape index (κ2) is 5.71. The zero-order valence-corrected chi connectivity index (χ0v) is 16.4. The first kappa shape index (κ1) is 19.2. The van der Waals surface area contributed by atoms with Gasteiger partial charge in [0.15, 0.2) is 9.84 Å². The Bertz CT molecular complexity index is 640. The maximum absolute atomic E-state index is 12.9. The zero-order chi connectivity index (χ0) is 18.6. The summed E-state index contributed by atoms with van der Waals surface area (Å²) in [7, 11) is -1.83. The van der Waals surface area contributed by atoms with E-state index in [1.165, 1.54) is 7.05 Å². The molecule has 2 heterocycles. The minimum Gasteiger partial charge on any atom is -0.359 e. The van der Waals surface area contributed by atoms with E-state index in [1.54, 1.807) is 4.90 Å². The van der Waals surface area contributed by atoms with Gasteiger partial charge in [-0.05, 0) is 18.3 Å². The van der Waals surface area contributed by atoms with Gasteiger partial charge in [0, 0.05) is 25.6 Å². The second-order valence-corrected chi connectivity index (χ2v) is 11.6. The molecule has 2 aliphatic rings. The summed E-state index contributed by atoms with van der Waals surface area (Å²) in [5, 5.41) is 2.57. The van der Waals surface area contributed by atoms with Gasteiger partial charge < -0.3 is 10.2 Å². The van der Waals surface area contributed by atoms with Crippen LogP contribution in [0.3, 0.4) is 0 Å². The third kappa shape index (κ3) is 3.07. The maximum Gasteiger partial charge on any atom is 0.228 e. The number of carbonyl (C=O) groups excluding carboxylic acids is 2. The van der Waals surface area contributed by atoms with Crippen LogP contribution in [0.2, 0.25) is 0 Å². The minimum atomic E-state index is -3.36. The van der Waals surface area contributed by atoms with Gasteiger partial charge in [0.2, 0.25) is 11.8 Å². The number of hydrogen-bond acceptors (Lipinski definition) is 4. The number of carbonyl (C=O) groups is 2. The van der Waals surface area contributed by atoms with Crippen LogP contribution in [-0.2, 0) is 19.4 Å². The number of likely N-dealkylation sites (tertiary alicyclic amines) is 1. The molecule has 2 saturated heterocycles. The fraction of sp³-hybridized carbons (Fsp3) is 0.882. The highest BCUT2D eigenvalue weighted by molar-refractivity contribution is 7.93. The lowest BCUT2D eigenvalue weighted by atomic mass is 9.74. The molecule has 1 unspecified atom stereocenters. The third-order valence-corrected chi connectivity index (χ3v) is 7.80. The first-order valence-corrected chi connectivity index (χ1v) is 10.1. The van der Waals surface area contributed by atoms with Crippen molar-refractivity contribution in [2.24, 2.45) is 16.7 Å². The molecule has 7 heteroatoms. The van der Waals surface area contributed by atoms with Crippen molar-refractivity contribution in [1.82, 2.24) is 10.2 Å². The van der Waals surface area contributed by atoms with Crippen molar-refractivity contribution in [2.75, 3.05) is 25.9 Å². The van der Waals surface area contributed by atoms with Gasteiger partial charge in [-0.3, -0.25) is 9.59 Å². The van der Waals surface area contributed by atoms with Crippen molar-refractivity contribution in [3.63, 3.8) is 0 Å². The van der Waals surface area contributed by atoms with Crippen LogP contribution in [0.15, 0.2) is 0 Å². The Morgan fingerprint density at radius 1 is 1.17 bits per heavy atom. The van der Waals surface area contributed by atoms with Crippen LogP contribution in [0.1, 0.15) is 47.5 Å². The molecule has 1 atom stereocenters. The first-order valence-electron chi connectivity index (χ1n) is 8.49. The van der Waals surface area contributed by atoms with E-state index in [9.17, 15) is 18.0 Å². The number of nitrogens with one attached hydrogen (secondary N) is 1. The molecule has 0 saturated carbocycles. The average Bonchev–Trinajstić information content (AvgIpc) is 2.64. The predicted molar refractivity (Wildman–Crippen MR) is 93.1 cm³/mol. The van der Waals surface area contributed by atoms with Gasteiger partial charge in [-0.15, -0.1) is 0 Å². The molecule has 0 aromatic rings. The third-order valence-electron chi connectivity index (χ3n) is 5.25. The highest BCUT2D eigenvalue weighted by Gasteiger charge is 2.65. The molecule has 2 amide bonds. The quantitative estimate of drug-likeness (QED) is 0.822. The Labute approximate surface area is 145 Å². The number of hydrogen-bond donors (Lipinski definition) is 1. The summed E-state index contributed by atoms with van der Waals surface area (Å²) < 4.78 is 24.0. The van der Waals surface area contributed by atoms with E-state index in [4.69, 9.17) is 0 Å². The second-order valence-electron chi connectivity index (χ2n) is 9.12. The van der Waals surface area contributed by atoms with Crippen molar-refractivity contribution < 1.29 is 18.0 Å². The Kier molecular flexibility index (Phi) is 4.57. The van der Waals surface area contributed by atoms with Crippen molar-refractivity contribution in [3.05, 3.63) is 0 Å². The Hall–Kier alpha value is -1.11. The maximum atomic E-state index is 12.9. The van der Waals surface area contributed by atoms with Crippen molar-refractivity contribution in [1.29, 1.82) is 0 Å². The monoisotopic (exact) mass is 358 g/mol. The smallest absolute Gasteiger partial charge is 0.228 e. The van der Waals surface area contributed by atoms with Gasteiger partial charge in [-0.25, -0.2) is 8.42 Å². The molecule has 24 heavy (non-hydrogen) atoms. The molecule has 0 bridgehead atoms. The first-order chi connectivity index (χ1) is 10.8. The molecule has 2 rings (SSSR count). The Morgan fingerprint density at radius 3 is 2.17 bits per heavy atom. The van der Waals surface area contributed by atoms with E-state index in [-0.39, 0.29) is 36.1 Å². The number of nitrogens with zero attached hydrogens (tertiary/aromatic N) is 1. The lowest BCUT2D eigenvalue weighted by Crippen LogP contribution is -2.71. The lowest BCUT2D eigenvalue weighted by Gasteiger charge is -2.51. The molecule has 0 aromatic carbocycles. The molecular formula is C17H30N2O4S. The summed E-state index contributed by atoms with van der Waals surface area (Å²) in [6, 6.07) is 0. The summed E-state index contributed by atoms with van der Waals surface area (Å²) in [5.41, 5.74) is -0.545. The fourth-order valence-corrected chi connectivity index (χ4v) is 6.81. The largest absolute Gasteiger partial charge is 0.359 e. The van der Waals surface area contributed by atoms with E-state index >= 15 is 0 Å². The van der Waals surface area contributed by atoms with Crippen LogP contribution in [0.5, 0.6) is 0 Å². The minimum absolute atomic E-state index is 0.00574. The lowest BCUT2D eigenvalue weighted by molar-refractivity contribution is -0.150. The molecule has 0 aliphatic carbocycles. The van der Waals surface area contributed by atoms with Gasteiger partial charge in [-0.2, -0.15) is 0 Å². The van der Waals surface area contributed by atoms with Crippen LogP contribution < -0.4 is 5.32 Å². The van der Waals surface area contributed by atoms with Gasteiger partial charge in [0.25, 0.3) is 0 Å². The SMILES string of the molecule is CNC(=O)C1CCS(=O)(=O)C12CN(C(=O)C(C)(C)CC(C)(C)C)C2. The number of sulfone groups is 1. The van der Waals surface area contributed by atoms with Gasteiger partial charge >= 0.3 is 0 Å². The Morgan fingerprint density at radius 2 is 1.71 bits per heavy atom. The molecule has 2 fully saturated rings. The summed E-state index contributed by atoms with van der Waals surface area (Å²) in [5.74, 6) is -0.793. The highest BCUT2D eigenvalue weighted by Crippen LogP contribution is 2.46. The predicted octanol–water partition coefficient (Wildman–Crippen LogP) is 1.21. The van der Waals surface area contributed by atoms with E-state index in [1.807, 2.05) is 13.8 Å². The van der Waals surface area contributed by atoms with Crippen LogP contribution in [0.4, 0.5) is 0 Å². The molecule has 6 nitrogen and oxygen atoms in total. The molecule has 1 spiro atoms. The molecule has 0 radical (unpaired) electrons. The van der Waals surface area contributed by atoms with Crippen molar-refractivity contribution >= 4 is 21.7 Å². The average molecular weight is 359 g/mol. The van der Waals surface area contributed by atoms with Crippen LogP contribution in [0, 0.1) is 16.7 Å². The topological polar surface area (TPSA) is 83.6 Å². The molecular weight excluding hydrogens is 328 g/mol. The van der Waals surface area contributed by atoms with Gasteiger partial charge in [0.05, 0.1) is 11.7 Å². The summed E-state index contributed by atoms with van der Waals surface area (Å²) in [6.45, 7) is 10.4. The fourth-order valence-electron chi connectivity index (χ4n) is 4.49. The van der Waals surface area contributed by atoms with E-state index in [2.05, 4.69) is 26.1 Å². The Balaban J connectivity index is 2.18. The zero-order valence-electron chi connectivity index (χ0n) is 15.6. The molecule has 1 N–H and O–H groups in total. The van der Waals surface area contributed by atoms with Crippen molar-refractivity contribution in [2.45, 2.75) is 52.2 Å². The van der Waals surface area contributed by atoms with Gasteiger partial charge in [0.1, 0.15) is 4.75 Å². The number of rotatable bonds is 3. The molecule has 138 valence electrons. The normalized spacial score (nSPS) is 25.4. The van der Waals surface area contributed by atoms with E-state index in [0.717, 1.165) is 0 Å². The van der Waals surface area contributed by atoms with Crippen LogP contribution >= 0.6 is 0 Å². The summed E-state index contributed by atoms with van der Waals surface area (Å²) in [4.78, 5) is 26.6. The number of amides is 2. The standard InChI is InChI=1S/C17H30N2O4S/c1-15(2,3)9-16(4,5)14(21)19-10-17(11-19)12(13(20)18-6)7-8-24(17,22)23/h12H,7-11H2,1-6H3,(H,18,20). The van der Waals surface area contributed by atoms with E-state index < -0.39 is 25.9 Å². The molecule has 0 aromatic heterocycles. The summed E-state index contributed by atoms with van der Waals surface area (Å²) >= 11 is 0. The summed E-state index contributed by atoms with van der Waals surface area (Å²) in [6.07, 6.45) is 1.06.